The molecular weight excluding hydrogens is 304 g/mol. The number of rotatable bonds is 3. The highest BCUT2D eigenvalue weighted by Crippen LogP contribution is 2.45. The zero-order chi connectivity index (χ0) is 16.7. The molecule has 0 saturated carbocycles. The third kappa shape index (κ3) is 2.39. The summed E-state index contributed by atoms with van der Waals surface area (Å²) in [4.78, 5) is 0. The summed E-state index contributed by atoms with van der Waals surface area (Å²) in [6.07, 6.45) is 5.97. The number of allylic oxidation sites excluding steroid dienone is 2. The maximum absolute atomic E-state index is 2.46. The van der Waals surface area contributed by atoms with Crippen molar-refractivity contribution in [3.8, 4) is 0 Å². The van der Waals surface area contributed by atoms with Crippen LogP contribution in [0.4, 0.5) is 0 Å². The van der Waals surface area contributed by atoms with Crippen LogP contribution in [-0.2, 0) is 6.42 Å². The second kappa shape index (κ2) is 5.82. The predicted molar refractivity (Wildman–Crippen MR) is 108 cm³/mol. The summed E-state index contributed by atoms with van der Waals surface area (Å²) in [7, 11) is 0.338. The minimum Gasteiger partial charge on any atom is -0.0651 e. The molecule has 0 aromatic heterocycles. The first-order valence-corrected chi connectivity index (χ1v) is 10.3. The lowest BCUT2D eigenvalue weighted by molar-refractivity contribution is 0.558. The van der Waals surface area contributed by atoms with Gasteiger partial charge in [-0.25, -0.2) is 0 Å². The van der Waals surface area contributed by atoms with E-state index in [0.29, 0.717) is 9.13 Å². The Kier molecular flexibility index (Phi) is 3.77. The Labute approximate surface area is 147 Å². The van der Waals surface area contributed by atoms with E-state index in [-0.39, 0.29) is 5.41 Å². The van der Waals surface area contributed by atoms with Crippen molar-refractivity contribution in [2.45, 2.75) is 33.2 Å². The molecule has 0 heterocycles. The molecule has 0 aliphatic heterocycles. The van der Waals surface area contributed by atoms with Gasteiger partial charge in [0, 0.05) is 14.5 Å². The zero-order valence-corrected chi connectivity index (χ0v) is 15.9. The van der Waals surface area contributed by atoms with Crippen LogP contribution in [0.25, 0.3) is 12.2 Å². The van der Waals surface area contributed by atoms with Crippen LogP contribution < -0.4 is 0 Å². The molecule has 0 nitrogen and oxygen atoms in total. The average Bonchev–Trinajstić information content (AvgIpc) is 3.18. The van der Waals surface area contributed by atoms with Gasteiger partial charge in [-0.2, -0.15) is 0 Å². The maximum Gasteiger partial charge on any atom is 0.0114 e. The molecule has 0 bridgehead atoms. The van der Waals surface area contributed by atoms with Gasteiger partial charge >= 0.3 is 0 Å². The van der Waals surface area contributed by atoms with Crippen LogP contribution in [0.1, 0.15) is 43.0 Å². The van der Waals surface area contributed by atoms with Crippen molar-refractivity contribution in [1.29, 1.82) is 0 Å². The molecule has 2 aliphatic rings. The highest BCUT2D eigenvalue weighted by atomic mass is 28.2. The Morgan fingerprint density at radius 2 is 1.62 bits per heavy atom. The quantitative estimate of drug-likeness (QED) is 0.684. The number of hydrogen-bond donors (Lipinski definition) is 0. The summed E-state index contributed by atoms with van der Waals surface area (Å²) in [5.41, 5.74) is 8.97. The molecule has 0 spiro atoms. The Balaban J connectivity index is 1.77. The van der Waals surface area contributed by atoms with E-state index < -0.39 is 0 Å². The molecule has 120 valence electrons. The van der Waals surface area contributed by atoms with Gasteiger partial charge in [-0.15, -0.1) is 0 Å². The van der Waals surface area contributed by atoms with Gasteiger partial charge in [0.2, 0.25) is 0 Å². The largest absolute Gasteiger partial charge is 0.0651 e. The summed E-state index contributed by atoms with van der Waals surface area (Å²) in [6.45, 7) is 7.15. The van der Waals surface area contributed by atoms with E-state index in [1.807, 2.05) is 0 Å². The van der Waals surface area contributed by atoms with Crippen LogP contribution in [0.5, 0.6) is 0 Å². The monoisotopic (exact) mass is 328 g/mol. The lowest BCUT2D eigenvalue weighted by Crippen LogP contribution is -2.24. The minimum absolute atomic E-state index is 0.0928. The number of benzene rings is 2. The SMILES string of the molecule is CC[SiH]=C1C(C(C)(C)C2=Cc3ccccc3C2)=Cc2ccccc21. The van der Waals surface area contributed by atoms with Gasteiger partial charge in [-0.05, 0) is 45.5 Å². The lowest BCUT2D eigenvalue weighted by atomic mass is 9.75. The fourth-order valence-corrected chi connectivity index (χ4v) is 5.60. The fourth-order valence-electron chi connectivity index (χ4n) is 4.04. The van der Waals surface area contributed by atoms with Gasteiger partial charge in [0.05, 0.1) is 0 Å². The van der Waals surface area contributed by atoms with Crippen LogP contribution in [0.3, 0.4) is 0 Å². The van der Waals surface area contributed by atoms with Crippen LogP contribution in [0, 0.1) is 5.41 Å². The smallest absolute Gasteiger partial charge is 0.0114 e. The predicted octanol–water partition coefficient (Wildman–Crippen LogP) is 5.14. The van der Waals surface area contributed by atoms with E-state index in [9.17, 15) is 0 Å². The molecule has 4 rings (SSSR count). The van der Waals surface area contributed by atoms with Gasteiger partial charge in [-0.1, -0.05) is 87.0 Å². The van der Waals surface area contributed by atoms with Crippen molar-refractivity contribution >= 4 is 26.5 Å². The van der Waals surface area contributed by atoms with Gasteiger partial charge < -0.3 is 0 Å². The number of hydrogen-bond acceptors (Lipinski definition) is 0. The Bertz CT molecular complexity index is 894. The molecule has 0 unspecified atom stereocenters. The molecule has 2 aromatic carbocycles. The third-order valence-electron chi connectivity index (χ3n) is 5.49. The first-order chi connectivity index (χ1) is 11.6. The second-order valence-electron chi connectivity index (χ2n) is 7.34. The molecule has 24 heavy (non-hydrogen) atoms. The second-order valence-corrected chi connectivity index (χ2v) is 9.14. The molecule has 0 N–H and O–H groups in total. The molecule has 0 saturated heterocycles. The van der Waals surface area contributed by atoms with E-state index in [1.54, 1.807) is 16.3 Å². The maximum atomic E-state index is 2.46. The first-order valence-electron chi connectivity index (χ1n) is 8.92. The summed E-state index contributed by atoms with van der Waals surface area (Å²) in [5, 5.41) is 1.63. The van der Waals surface area contributed by atoms with E-state index in [4.69, 9.17) is 0 Å². The van der Waals surface area contributed by atoms with Crippen LogP contribution >= 0.6 is 0 Å². The fraction of sp³-hybridized carbons (Fsp3) is 0.261. The van der Waals surface area contributed by atoms with Crippen molar-refractivity contribution in [2.75, 3.05) is 0 Å². The molecule has 0 fully saturated rings. The summed E-state index contributed by atoms with van der Waals surface area (Å²) in [6, 6.07) is 19.0. The summed E-state index contributed by atoms with van der Waals surface area (Å²) >= 11 is 0. The zero-order valence-electron chi connectivity index (χ0n) is 14.8. The molecule has 0 atom stereocenters. The van der Waals surface area contributed by atoms with Gasteiger partial charge in [0.1, 0.15) is 0 Å². The van der Waals surface area contributed by atoms with Crippen LogP contribution in [0.15, 0.2) is 59.7 Å². The Morgan fingerprint density at radius 1 is 0.917 bits per heavy atom. The standard InChI is InChI=1S/C23H24Si/c1-4-24-22-20-12-8-7-11-18(20)15-21(22)23(2,3)19-13-16-9-5-6-10-17(16)14-19/h5-13,15,24H,4,14H2,1-3H3. The Hall–Kier alpha value is -1.99. The van der Waals surface area contributed by atoms with Gasteiger partial charge in [0.15, 0.2) is 0 Å². The van der Waals surface area contributed by atoms with E-state index in [0.717, 1.165) is 6.42 Å². The van der Waals surface area contributed by atoms with Crippen molar-refractivity contribution in [3.05, 3.63) is 81.9 Å². The van der Waals surface area contributed by atoms with Crippen molar-refractivity contribution in [1.82, 2.24) is 0 Å². The molecule has 1 heteroatoms. The minimum atomic E-state index is 0.0928. The van der Waals surface area contributed by atoms with Crippen molar-refractivity contribution in [3.63, 3.8) is 0 Å². The van der Waals surface area contributed by atoms with E-state index in [1.165, 1.54) is 28.3 Å². The van der Waals surface area contributed by atoms with Crippen LogP contribution in [0.2, 0.25) is 6.04 Å². The molecule has 2 aromatic rings. The van der Waals surface area contributed by atoms with Gasteiger partial charge in [-0.3, -0.25) is 0 Å². The molecule has 2 aliphatic carbocycles. The third-order valence-corrected chi connectivity index (χ3v) is 6.93. The number of fused-ring (bicyclic) bond motifs is 2. The molecule has 0 radical (unpaired) electrons. The lowest BCUT2D eigenvalue weighted by Gasteiger charge is -2.30. The topological polar surface area (TPSA) is 0 Å². The van der Waals surface area contributed by atoms with Crippen molar-refractivity contribution < 1.29 is 0 Å². The van der Waals surface area contributed by atoms with E-state index >= 15 is 0 Å². The highest BCUT2D eigenvalue weighted by Gasteiger charge is 2.35. The summed E-state index contributed by atoms with van der Waals surface area (Å²) < 4.78 is 0. The van der Waals surface area contributed by atoms with Crippen molar-refractivity contribution in [2.24, 2.45) is 5.41 Å². The average molecular weight is 329 g/mol. The van der Waals surface area contributed by atoms with Gasteiger partial charge in [0.25, 0.3) is 0 Å². The normalized spacial score (nSPS) is 17.5. The molecular formula is C23H24Si. The van der Waals surface area contributed by atoms with E-state index in [2.05, 4.69) is 81.5 Å². The Morgan fingerprint density at radius 3 is 2.38 bits per heavy atom. The molecule has 0 amide bonds. The van der Waals surface area contributed by atoms with Crippen LogP contribution in [-0.4, -0.2) is 14.3 Å². The summed E-state index contributed by atoms with van der Waals surface area (Å²) in [5.74, 6) is 0. The first kappa shape index (κ1) is 15.5. The highest BCUT2D eigenvalue weighted by molar-refractivity contribution is 6.63.